The summed E-state index contributed by atoms with van der Waals surface area (Å²) in [4.78, 5) is 32.8. The molecular formula is C14H13ClN6O2. The summed E-state index contributed by atoms with van der Waals surface area (Å²) in [6.07, 6.45) is 4.66. The van der Waals surface area contributed by atoms with Crippen molar-refractivity contribution in [3.63, 3.8) is 0 Å². The SMILES string of the molecule is CCn1c(=O)nc(-n2cccn2)n(Cc2ccc(Cl)cn2)c1=O. The fraction of sp³-hybridized carbons (Fsp3) is 0.214. The molecule has 0 saturated carbocycles. The molecule has 3 aromatic rings. The van der Waals surface area contributed by atoms with Crippen LogP contribution in [0.3, 0.4) is 0 Å². The highest BCUT2D eigenvalue weighted by Crippen LogP contribution is 2.08. The molecule has 0 aliphatic heterocycles. The Kier molecular flexibility index (Phi) is 4.07. The van der Waals surface area contributed by atoms with Crippen LogP contribution in [0, 0.1) is 0 Å². The van der Waals surface area contributed by atoms with Crippen molar-refractivity contribution in [3.05, 3.63) is 68.5 Å². The summed E-state index contributed by atoms with van der Waals surface area (Å²) in [7, 11) is 0. The zero-order chi connectivity index (χ0) is 16.4. The monoisotopic (exact) mass is 332 g/mol. The molecule has 0 aromatic carbocycles. The van der Waals surface area contributed by atoms with Crippen LogP contribution >= 0.6 is 11.6 Å². The van der Waals surface area contributed by atoms with E-state index >= 15 is 0 Å². The highest BCUT2D eigenvalue weighted by molar-refractivity contribution is 6.30. The normalized spacial score (nSPS) is 10.9. The zero-order valence-electron chi connectivity index (χ0n) is 12.3. The first-order valence-electron chi connectivity index (χ1n) is 6.92. The average molecular weight is 333 g/mol. The molecule has 0 aliphatic rings. The van der Waals surface area contributed by atoms with Crippen molar-refractivity contribution in [3.8, 4) is 5.95 Å². The first-order chi connectivity index (χ1) is 11.1. The largest absolute Gasteiger partial charge is 0.354 e. The highest BCUT2D eigenvalue weighted by Gasteiger charge is 2.14. The van der Waals surface area contributed by atoms with E-state index in [0.29, 0.717) is 10.7 Å². The van der Waals surface area contributed by atoms with E-state index < -0.39 is 11.4 Å². The molecule has 0 saturated heterocycles. The maximum absolute atomic E-state index is 12.6. The van der Waals surface area contributed by atoms with Gasteiger partial charge < -0.3 is 0 Å². The van der Waals surface area contributed by atoms with Crippen LogP contribution in [0.1, 0.15) is 12.6 Å². The minimum absolute atomic E-state index is 0.145. The lowest BCUT2D eigenvalue weighted by atomic mass is 10.3. The highest BCUT2D eigenvalue weighted by atomic mass is 35.5. The third kappa shape index (κ3) is 2.93. The summed E-state index contributed by atoms with van der Waals surface area (Å²) in [5, 5.41) is 4.55. The van der Waals surface area contributed by atoms with Gasteiger partial charge in [0.25, 0.3) is 0 Å². The maximum atomic E-state index is 12.6. The van der Waals surface area contributed by atoms with Crippen LogP contribution < -0.4 is 11.4 Å². The molecule has 0 fully saturated rings. The molecule has 3 aromatic heterocycles. The molecular weight excluding hydrogens is 320 g/mol. The fourth-order valence-electron chi connectivity index (χ4n) is 2.15. The first kappa shape index (κ1) is 15.2. The lowest BCUT2D eigenvalue weighted by Gasteiger charge is -2.13. The molecule has 0 bridgehead atoms. The van der Waals surface area contributed by atoms with Crippen LogP contribution in [0.4, 0.5) is 0 Å². The number of hydrogen-bond acceptors (Lipinski definition) is 5. The van der Waals surface area contributed by atoms with Gasteiger partial charge in [-0.1, -0.05) is 11.6 Å². The number of rotatable bonds is 4. The Morgan fingerprint density at radius 1 is 1.22 bits per heavy atom. The minimum Gasteiger partial charge on any atom is -0.258 e. The molecule has 0 aliphatic carbocycles. The summed E-state index contributed by atoms with van der Waals surface area (Å²) >= 11 is 5.82. The topological polar surface area (TPSA) is 87.6 Å². The lowest BCUT2D eigenvalue weighted by Crippen LogP contribution is -2.43. The van der Waals surface area contributed by atoms with E-state index in [1.54, 1.807) is 37.5 Å². The van der Waals surface area contributed by atoms with Gasteiger partial charge >= 0.3 is 11.4 Å². The standard InChI is InChI=1S/C14H13ClN6O2/c1-2-19-13(22)18-12(21-7-3-6-17-21)20(14(19)23)9-11-5-4-10(15)8-16-11/h3-8H,2,9H2,1H3. The summed E-state index contributed by atoms with van der Waals surface area (Å²) < 4.78 is 3.79. The Morgan fingerprint density at radius 3 is 2.65 bits per heavy atom. The molecule has 0 amide bonds. The molecule has 3 heterocycles. The second kappa shape index (κ2) is 6.17. The Balaban J connectivity index is 2.18. The number of hydrogen-bond donors (Lipinski definition) is 0. The van der Waals surface area contributed by atoms with E-state index in [1.165, 1.54) is 15.4 Å². The van der Waals surface area contributed by atoms with Crippen molar-refractivity contribution in [2.75, 3.05) is 0 Å². The van der Waals surface area contributed by atoms with Gasteiger partial charge in [0.2, 0.25) is 5.95 Å². The predicted octanol–water partition coefficient (Wildman–Crippen LogP) is 0.707. The van der Waals surface area contributed by atoms with E-state index in [0.717, 1.165) is 4.57 Å². The molecule has 118 valence electrons. The molecule has 0 N–H and O–H groups in total. The minimum atomic E-state index is -0.608. The van der Waals surface area contributed by atoms with Gasteiger partial charge in [0.05, 0.1) is 17.3 Å². The third-order valence-electron chi connectivity index (χ3n) is 3.26. The molecule has 0 radical (unpaired) electrons. The van der Waals surface area contributed by atoms with Gasteiger partial charge in [-0.2, -0.15) is 10.1 Å². The molecule has 8 nitrogen and oxygen atoms in total. The van der Waals surface area contributed by atoms with Crippen LogP contribution in [0.2, 0.25) is 5.02 Å². The van der Waals surface area contributed by atoms with Crippen LogP contribution in [-0.2, 0) is 13.1 Å². The van der Waals surface area contributed by atoms with Crippen LogP contribution in [0.25, 0.3) is 5.95 Å². The number of nitrogens with zero attached hydrogens (tertiary/aromatic N) is 6. The van der Waals surface area contributed by atoms with Gasteiger partial charge in [0, 0.05) is 25.1 Å². The van der Waals surface area contributed by atoms with Crippen molar-refractivity contribution < 1.29 is 0 Å². The van der Waals surface area contributed by atoms with E-state index in [9.17, 15) is 9.59 Å². The van der Waals surface area contributed by atoms with Gasteiger partial charge in [-0.05, 0) is 25.1 Å². The lowest BCUT2D eigenvalue weighted by molar-refractivity contribution is 0.540. The third-order valence-corrected chi connectivity index (χ3v) is 3.49. The van der Waals surface area contributed by atoms with Crippen molar-refractivity contribution in [2.45, 2.75) is 20.0 Å². The van der Waals surface area contributed by atoms with Crippen LogP contribution in [0.5, 0.6) is 0 Å². The number of aromatic nitrogens is 6. The van der Waals surface area contributed by atoms with Crippen molar-refractivity contribution in [2.24, 2.45) is 0 Å². The van der Waals surface area contributed by atoms with Gasteiger partial charge in [-0.25, -0.2) is 18.8 Å². The summed E-state index contributed by atoms with van der Waals surface area (Å²) in [5.41, 5.74) is -0.453. The van der Waals surface area contributed by atoms with E-state index in [-0.39, 0.29) is 19.0 Å². The smallest absolute Gasteiger partial charge is 0.258 e. The van der Waals surface area contributed by atoms with Gasteiger partial charge in [-0.15, -0.1) is 0 Å². The van der Waals surface area contributed by atoms with Crippen molar-refractivity contribution in [1.82, 2.24) is 28.9 Å². The Hall–Kier alpha value is -2.74. The van der Waals surface area contributed by atoms with Gasteiger partial charge in [0.15, 0.2) is 0 Å². The van der Waals surface area contributed by atoms with Crippen LogP contribution in [-0.4, -0.2) is 28.9 Å². The van der Waals surface area contributed by atoms with Gasteiger partial charge in [0.1, 0.15) is 0 Å². The summed E-state index contributed by atoms with van der Waals surface area (Å²) in [6, 6.07) is 5.08. The number of pyridine rings is 1. The van der Waals surface area contributed by atoms with E-state index in [4.69, 9.17) is 11.6 Å². The van der Waals surface area contributed by atoms with Crippen molar-refractivity contribution >= 4 is 11.6 Å². The Bertz CT molecular complexity index is 927. The second-order valence-electron chi connectivity index (χ2n) is 4.73. The molecule has 9 heteroatoms. The summed E-state index contributed by atoms with van der Waals surface area (Å²) in [5.74, 6) is 0.145. The Morgan fingerprint density at radius 2 is 2.04 bits per heavy atom. The Labute approximate surface area is 135 Å². The zero-order valence-corrected chi connectivity index (χ0v) is 13.0. The van der Waals surface area contributed by atoms with Crippen molar-refractivity contribution in [1.29, 1.82) is 0 Å². The molecule has 3 rings (SSSR count). The van der Waals surface area contributed by atoms with Gasteiger partial charge in [-0.3, -0.25) is 9.55 Å². The van der Waals surface area contributed by atoms with E-state index in [1.807, 2.05) is 0 Å². The summed E-state index contributed by atoms with van der Waals surface area (Å²) in [6.45, 7) is 2.10. The quantitative estimate of drug-likeness (QED) is 0.702. The number of halogens is 1. The maximum Gasteiger partial charge on any atom is 0.354 e. The fourth-order valence-corrected chi connectivity index (χ4v) is 2.26. The molecule has 0 atom stereocenters. The van der Waals surface area contributed by atoms with Crippen LogP contribution in [0.15, 0.2) is 46.4 Å². The molecule has 23 heavy (non-hydrogen) atoms. The predicted molar refractivity (Wildman–Crippen MR) is 83.9 cm³/mol. The first-order valence-corrected chi connectivity index (χ1v) is 7.30. The molecule has 0 unspecified atom stereocenters. The second-order valence-corrected chi connectivity index (χ2v) is 5.16. The van der Waals surface area contributed by atoms with E-state index in [2.05, 4.69) is 15.1 Å². The average Bonchev–Trinajstić information content (AvgIpc) is 3.06. The molecule has 0 spiro atoms.